The zero-order valence-electron chi connectivity index (χ0n) is 11.4. The van der Waals surface area contributed by atoms with Gasteiger partial charge in [0.05, 0.1) is 18.4 Å². The number of halogens is 2. The predicted molar refractivity (Wildman–Crippen MR) is 74.1 cm³/mol. The lowest BCUT2D eigenvalue weighted by Crippen LogP contribution is -2.11. The lowest BCUT2D eigenvalue weighted by molar-refractivity contribution is 0.0594. The summed E-state index contributed by atoms with van der Waals surface area (Å²) >= 11 is 0. The molecule has 0 aliphatic carbocycles. The molecular formula is C15H14F2N2O2. The third kappa shape index (κ3) is 3.53. The SMILES string of the molecule is COC(=O)c1ccc(NCCc2ccncc2)c(F)c1F. The van der Waals surface area contributed by atoms with Crippen LogP contribution in [0.25, 0.3) is 0 Å². The Bertz CT molecular complexity index is 633. The molecule has 0 atom stereocenters. The number of pyridine rings is 1. The van der Waals surface area contributed by atoms with Crippen LogP contribution in [0.3, 0.4) is 0 Å². The number of methoxy groups -OCH3 is 1. The molecule has 1 aromatic carbocycles. The first-order chi connectivity index (χ1) is 10.1. The fourth-order valence-electron chi connectivity index (χ4n) is 1.84. The molecule has 1 aromatic heterocycles. The van der Waals surface area contributed by atoms with Gasteiger partial charge in [0.1, 0.15) is 0 Å². The van der Waals surface area contributed by atoms with Crippen LogP contribution in [-0.2, 0) is 11.2 Å². The van der Waals surface area contributed by atoms with Crippen LogP contribution in [-0.4, -0.2) is 24.6 Å². The zero-order chi connectivity index (χ0) is 15.2. The van der Waals surface area contributed by atoms with Gasteiger partial charge >= 0.3 is 5.97 Å². The molecule has 110 valence electrons. The predicted octanol–water partition coefficient (Wildman–Crippen LogP) is 2.80. The van der Waals surface area contributed by atoms with Crippen molar-refractivity contribution in [2.75, 3.05) is 19.0 Å². The molecule has 4 nitrogen and oxygen atoms in total. The van der Waals surface area contributed by atoms with E-state index in [1.54, 1.807) is 12.4 Å². The molecule has 0 saturated carbocycles. The van der Waals surface area contributed by atoms with E-state index >= 15 is 0 Å². The van der Waals surface area contributed by atoms with Crippen molar-refractivity contribution in [3.05, 3.63) is 59.4 Å². The fourth-order valence-corrected chi connectivity index (χ4v) is 1.84. The molecule has 0 unspecified atom stereocenters. The van der Waals surface area contributed by atoms with Gasteiger partial charge in [-0.3, -0.25) is 4.98 Å². The molecule has 0 fully saturated rings. The number of carbonyl (C=O) groups excluding carboxylic acids is 1. The van der Waals surface area contributed by atoms with Crippen LogP contribution in [0.5, 0.6) is 0 Å². The third-order valence-electron chi connectivity index (χ3n) is 2.97. The van der Waals surface area contributed by atoms with Crippen molar-refractivity contribution in [3.63, 3.8) is 0 Å². The van der Waals surface area contributed by atoms with Gasteiger partial charge in [0, 0.05) is 18.9 Å². The van der Waals surface area contributed by atoms with Crippen molar-refractivity contribution in [3.8, 4) is 0 Å². The minimum Gasteiger partial charge on any atom is -0.465 e. The van der Waals surface area contributed by atoms with Crippen LogP contribution >= 0.6 is 0 Å². The number of nitrogens with zero attached hydrogens (tertiary/aromatic N) is 1. The van der Waals surface area contributed by atoms with E-state index in [2.05, 4.69) is 15.0 Å². The molecule has 1 N–H and O–H groups in total. The average molecular weight is 292 g/mol. The summed E-state index contributed by atoms with van der Waals surface area (Å²) in [4.78, 5) is 15.1. The monoisotopic (exact) mass is 292 g/mol. The van der Waals surface area contributed by atoms with Crippen molar-refractivity contribution in [2.45, 2.75) is 6.42 Å². The van der Waals surface area contributed by atoms with Crippen LogP contribution in [0.4, 0.5) is 14.5 Å². The first-order valence-electron chi connectivity index (χ1n) is 6.32. The topological polar surface area (TPSA) is 51.2 Å². The van der Waals surface area contributed by atoms with Crippen molar-refractivity contribution in [1.29, 1.82) is 0 Å². The van der Waals surface area contributed by atoms with E-state index in [-0.39, 0.29) is 5.69 Å². The van der Waals surface area contributed by atoms with E-state index in [4.69, 9.17) is 0 Å². The molecule has 6 heteroatoms. The Hall–Kier alpha value is -2.50. The Morgan fingerprint density at radius 3 is 2.57 bits per heavy atom. The zero-order valence-corrected chi connectivity index (χ0v) is 11.4. The van der Waals surface area contributed by atoms with E-state index in [0.29, 0.717) is 13.0 Å². The summed E-state index contributed by atoms with van der Waals surface area (Å²) in [7, 11) is 1.11. The largest absolute Gasteiger partial charge is 0.465 e. The van der Waals surface area contributed by atoms with E-state index in [1.165, 1.54) is 12.1 Å². The van der Waals surface area contributed by atoms with Crippen LogP contribution in [0.15, 0.2) is 36.7 Å². The number of ether oxygens (including phenoxy) is 1. The number of rotatable bonds is 5. The van der Waals surface area contributed by atoms with Gasteiger partial charge in [-0.1, -0.05) is 0 Å². The molecule has 2 aromatic rings. The van der Waals surface area contributed by atoms with Gasteiger partial charge in [-0.15, -0.1) is 0 Å². The van der Waals surface area contributed by atoms with Gasteiger partial charge in [0.15, 0.2) is 11.6 Å². The summed E-state index contributed by atoms with van der Waals surface area (Å²) in [5.41, 5.74) is 0.619. The molecule has 0 bridgehead atoms. The van der Waals surface area contributed by atoms with Crippen molar-refractivity contribution in [1.82, 2.24) is 4.98 Å². The van der Waals surface area contributed by atoms with E-state index in [1.807, 2.05) is 12.1 Å². The second kappa shape index (κ2) is 6.78. The number of hydrogen-bond donors (Lipinski definition) is 1. The van der Waals surface area contributed by atoms with Crippen molar-refractivity contribution < 1.29 is 18.3 Å². The maximum atomic E-state index is 13.8. The molecule has 2 rings (SSSR count). The minimum atomic E-state index is -1.21. The lowest BCUT2D eigenvalue weighted by Gasteiger charge is -2.10. The van der Waals surface area contributed by atoms with E-state index in [9.17, 15) is 13.6 Å². The molecule has 0 saturated heterocycles. The smallest absolute Gasteiger partial charge is 0.340 e. The highest BCUT2D eigenvalue weighted by molar-refractivity contribution is 5.90. The van der Waals surface area contributed by atoms with Crippen LogP contribution in [0.2, 0.25) is 0 Å². The molecular weight excluding hydrogens is 278 g/mol. The Morgan fingerprint density at radius 2 is 1.90 bits per heavy atom. The Balaban J connectivity index is 2.04. The highest BCUT2D eigenvalue weighted by Gasteiger charge is 2.18. The second-order valence-corrected chi connectivity index (χ2v) is 4.31. The average Bonchev–Trinajstić information content (AvgIpc) is 2.52. The first kappa shape index (κ1) is 14.9. The van der Waals surface area contributed by atoms with Crippen LogP contribution in [0, 0.1) is 11.6 Å². The van der Waals surface area contributed by atoms with E-state index < -0.39 is 23.2 Å². The third-order valence-corrected chi connectivity index (χ3v) is 2.97. The maximum Gasteiger partial charge on any atom is 0.340 e. The fraction of sp³-hybridized carbons (Fsp3) is 0.200. The molecule has 0 aliphatic rings. The minimum absolute atomic E-state index is 0.00853. The highest BCUT2D eigenvalue weighted by atomic mass is 19.2. The molecule has 0 spiro atoms. The molecule has 0 amide bonds. The number of aromatic nitrogens is 1. The van der Waals surface area contributed by atoms with Crippen molar-refractivity contribution in [2.24, 2.45) is 0 Å². The van der Waals surface area contributed by atoms with Crippen molar-refractivity contribution >= 4 is 11.7 Å². The normalized spacial score (nSPS) is 10.2. The molecule has 0 aliphatic heterocycles. The number of carbonyl (C=O) groups is 1. The van der Waals surface area contributed by atoms with Gasteiger partial charge in [0.25, 0.3) is 0 Å². The highest BCUT2D eigenvalue weighted by Crippen LogP contribution is 2.21. The Labute approximate surface area is 120 Å². The Kier molecular flexibility index (Phi) is 4.81. The van der Waals surface area contributed by atoms with Gasteiger partial charge < -0.3 is 10.1 Å². The second-order valence-electron chi connectivity index (χ2n) is 4.31. The van der Waals surface area contributed by atoms with E-state index in [0.717, 1.165) is 12.7 Å². The number of nitrogens with one attached hydrogen (secondary N) is 1. The first-order valence-corrected chi connectivity index (χ1v) is 6.32. The summed E-state index contributed by atoms with van der Waals surface area (Å²) in [5, 5.41) is 2.80. The molecule has 21 heavy (non-hydrogen) atoms. The standard InChI is InChI=1S/C15H14F2N2O2/c1-21-15(20)11-2-3-12(14(17)13(11)16)19-9-6-10-4-7-18-8-5-10/h2-5,7-8,19H,6,9H2,1H3. The summed E-state index contributed by atoms with van der Waals surface area (Å²) < 4.78 is 31.9. The maximum absolute atomic E-state index is 13.8. The van der Waals surface area contributed by atoms with Gasteiger partial charge in [-0.2, -0.15) is 0 Å². The summed E-state index contributed by atoms with van der Waals surface area (Å²) in [6, 6.07) is 6.20. The number of esters is 1. The molecule has 0 radical (unpaired) electrons. The van der Waals surface area contributed by atoms with Gasteiger partial charge in [0.2, 0.25) is 0 Å². The summed E-state index contributed by atoms with van der Waals surface area (Å²) in [6.45, 7) is 0.429. The quantitative estimate of drug-likeness (QED) is 0.861. The number of hydrogen-bond acceptors (Lipinski definition) is 4. The van der Waals surface area contributed by atoms with Crippen LogP contribution in [0.1, 0.15) is 15.9 Å². The van der Waals surface area contributed by atoms with Crippen LogP contribution < -0.4 is 5.32 Å². The summed E-state index contributed by atoms with van der Waals surface area (Å²) in [6.07, 6.45) is 3.98. The Morgan fingerprint density at radius 1 is 1.19 bits per heavy atom. The number of benzene rings is 1. The van der Waals surface area contributed by atoms with Gasteiger partial charge in [-0.05, 0) is 36.2 Å². The lowest BCUT2D eigenvalue weighted by atomic mass is 10.1. The number of anilines is 1. The van der Waals surface area contributed by atoms with Gasteiger partial charge in [-0.25, -0.2) is 13.6 Å². The molecule has 1 heterocycles. The summed E-state index contributed by atoms with van der Waals surface area (Å²) in [5.74, 6) is -3.21.